The van der Waals surface area contributed by atoms with Gasteiger partial charge in [-0.05, 0) is 30.2 Å². The molecule has 0 saturated carbocycles. The minimum Gasteiger partial charge on any atom is -0.352 e. The van der Waals surface area contributed by atoms with Crippen LogP contribution in [0.3, 0.4) is 0 Å². The van der Waals surface area contributed by atoms with E-state index in [2.05, 4.69) is 10.6 Å². The largest absolute Gasteiger partial charge is 0.352 e. The van der Waals surface area contributed by atoms with Gasteiger partial charge in [-0.25, -0.2) is 4.39 Å². The van der Waals surface area contributed by atoms with Crippen LogP contribution < -0.4 is 10.6 Å². The smallest absolute Gasteiger partial charge is 0.251 e. The Kier molecular flexibility index (Phi) is 5.71. The van der Waals surface area contributed by atoms with Crippen molar-refractivity contribution < 1.29 is 14.0 Å². The first-order valence-electron chi connectivity index (χ1n) is 8.19. The number of hydrogen-bond donors (Lipinski definition) is 2. The Morgan fingerprint density at radius 3 is 2.72 bits per heavy atom. The lowest BCUT2D eigenvalue weighted by molar-refractivity contribution is -0.121. The van der Waals surface area contributed by atoms with E-state index in [1.165, 1.54) is 17.8 Å². The molecule has 2 aromatic carbocycles. The van der Waals surface area contributed by atoms with E-state index in [4.69, 9.17) is 0 Å². The third kappa shape index (κ3) is 4.39. The van der Waals surface area contributed by atoms with Gasteiger partial charge in [0, 0.05) is 29.2 Å². The molecule has 0 saturated heterocycles. The quantitative estimate of drug-likeness (QED) is 0.862. The molecule has 0 bridgehead atoms. The predicted octanol–water partition coefficient (Wildman–Crippen LogP) is 3.30. The van der Waals surface area contributed by atoms with Crippen LogP contribution in [0.2, 0.25) is 0 Å². The number of benzene rings is 2. The number of carbonyl (C=O) groups excluding carboxylic acids is 2. The maximum absolute atomic E-state index is 13.9. The van der Waals surface area contributed by atoms with Crippen molar-refractivity contribution in [2.45, 2.75) is 23.8 Å². The summed E-state index contributed by atoms with van der Waals surface area (Å²) in [5.41, 5.74) is 1.40. The van der Waals surface area contributed by atoms with Crippen LogP contribution in [0.1, 0.15) is 34.8 Å². The maximum atomic E-state index is 13.9. The first-order chi connectivity index (χ1) is 12.1. The van der Waals surface area contributed by atoms with E-state index < -0.39 is 0 Å². The summed E-state index contributed by atoms with van der Waals surface area (Å²) in [5.74, 6) is 0.177. The molecule has 130 valence electrons. The molecule has 0 fully saturated rings. The third-order valence-electron chi connectivity index (χ3n) is 4.03. The molecule has 4 nitrogen and oxygen atoms in total. The molecule has 0 radical (unpaired) electrons. The summed E-state index contributed by atoms with van der Waals surface area (Å²) in [4.78, 5) is 24.7. The Balaban J connectivity index is 1.51. The molecule has 2 amide bonds. The van der Waals surface area contributed by atoms with Crippen LogP contribution in [-0.4, -0.2) is 24.1 Å². The average molecular weight is 358 g/mol. The van der Waals surface area contributed by atoms with Gasteiger partial charge in [0.15, 0.2) is 0 Å². The predicted molar refractivity (Wildman–Crippen MR) is 96.0 cm³/mol. The van der Waals surface area contributed by atoms with E-state index in [1.54, 1.807) is 30.3 Å². The van der Waals surface area contributed by atoms with Crippen molar-refractivity contribution in [3.05, 3.63) is 65.5 Å². The summed E-state index contributed by atoms with van der Waals surface area (Å²) in [6, 6.07) is 13.7. The third-order valence-corrected chi connectivity index (χ3v) is 5.19. The second-order valence-electron chi connectivity index (χ2n) is 5.79. The SMILES string of the molecule is O=C(CCNC(=O)c1ccccc1)N[C@H]1CCSc2c(F)cccc21. The van der Waals surface area contributed by atoms with Crippen LogP contribution in [0.25, 0.3) is 0 Å². The van der Waals surface area contributed by atoms with E-state index in [9.17, 15) is 14.0 Å². The molecule has 1 heterocycles. The number of fused-ring (bicyclic) bond motifs is 1. The van der Waals surface area contributed by atoms with Gasteiger partial charge < -0.3 is 10.6 Å². The molecule has 1 aliphatic heterocycles. The molecule has 1 atom stereocenters. The molecule has 3 rings (SSSR count). The van der Waals surface area contributed by atoms with E-state index in [0.29, 0.717) is 10.5 Å². The topological polar surface area (TPSA) is 58.2 Å². The summed E-state index contributed by atoms with van der Waals surface area (Å²) >= 11 is 1.48. The van der Waals surface area contributed by atoms with Crippen LogP contribution in [-0.2, 0) is 4.79 Å². The highest BCUT2D eigenvalue weighted by Gasteiger charge is 2.24. The zero-order valence-corrected chi connectivity index (χ0v) is 14.4. The summed E-state index contributed by atoms with van der Waals surface area (Å²) < 4.78 is 13.9. The van der Waals surface area contributed by atoms with Crippen LogP contribution >= 0.6 is 11.8 Å². The number of thioether (sulfide) groups is 1. The summed E-state index contributed by atoms with van der Waals surface area (Å²) in [7, 11) is 0. The van der Waals surface area contributed by atoms with Crippen molar-refractivity contribution >= 4 is 23.6 Å². The Bertz CT molecular complexity index is 767. The van der Waals surface area contributed by atoms with Gasteiger partial charge in [-0.1, -0.05) is 30.3 Å². The second kappa shape index (κ2) is 8.16. The van der Waals surface area contributed by atoms with Crippen molar-refractivity contribution in [2.24, 2.45) is 0 Å². The van der Waals surface area contributed by atoms with Gasteiger partial charge in [0.1, 0.15) is 5.82 Å². The minimum atomic E-state index is -0.239. The fraction of sp³-hybridized carbons (Fsp3) is 0.263. The molecular weight excluding hydrogens is 339 g/mol. The molecule has 0 spiro atoms. The summed E-state index contributed by atoms with van der Waals surface area (Å²) in [6.45, 7) is 0.261. The monoisotopic (exact) mass is 358 g/mol. The van der Waals surface area contributed by atoms with Crippen molar-refractivity contribution in [3.63, 3.8) is 0 Å². The van der Waals surface area contributed by atoms with E-state index in [1.807, 2.05) is 12.1 Å². The first-order valence-corrected chi connectivity index (χ1v) is 9.17. The van der Waals surface area contributed by atoms with Gasteiger partial charge in [0.05, 0.1) is 6.04 Å². The van der Waals surface area contributed by atoms with Gasteiger partial charge in [0.2, 0.25) is 5.91 Å². The first kappa shape index (κ1) is 17.5. The second-order valence-corrected chi connectivity index (χ2v) is 6.89. The van der Waals surface area contributed by atoms with Crippen LogP contribution in [0.15, 0.2) is 53.4 Å². The highest BCUT2D eigenvalue weighted by atomic mass is 32.2. The van der Waals surface area contributed by atoms with Gasteiger partial charge in [0.25, 0.3) is 5.91 Å². The molecule has 0 aliphatic carbocycles. The van der Waals surface area contributed by atoms with Crippen molar-refractivity contribution in [1.82, 2.24) is 10.6 Å². The highest BCUT2D eigenvalue weighted by molar-refractivity contribution is 7.99. The molecule has 0 aromatic heterocycles. The number of rotatable bonds is 5. The minimum absolute atomic E-state index is 0.152. The lowest BCUT2D eigenvalue weighted by atomic mass is 10.0. The molecule has 0 unspecified atom stereocenters. The fourth-order valence-corrected chi connectivity index (χ4v) is 3.92. The molecule has 2 aromatic rings. The van der Waals surface area contributed by atoms with E-state index >= 15 is 0 Å². The Morgan fingerprint density at radius 2 is 1.92 bits per heavy atom. The zero-order valence-electron chi connectivity index (χ0n) is 13.6. The number of nitrogens with one attached hydrogen (secondary N) is 2. The van der Waals surface area contributed by atoms with Crippen molar-refractivity contribution in [1.29, 1.82) is 0 Å². The lowest BCUT2D eigenvalue weighted by Gasteiger charge is -2.26. The van der Waals surface area contributed by atoms with Crippen LogP contribution in [0.5, 0.6) is 0 Å². The standard InChI is InChI=1S/C19H19FN2O2S/c20-15-8-4-7-14-16(10-12-25-18(14)15)22-17(23)9-11-21-19(24)13-5-2-1-3-6-13/h1-8,16H,9-12H2,(H,21,24)(H,22,23)/t16-/m0/s1. The van der Waals surface area contributed by atoms with Crippen LogP contribution in [0.4, 0.5) is 4.39 Å². The maximum Gasteiger partial charge on any atom is 0.251 e. The Labute approximate surface area is 150 Å². The van der Waals surface area contributed by atoms with Gasteiger partial charge in [-0.3, -0.25) is 9.59 Å². The number of carbonyl (C=O) groups is 2. The fourth-order valence-electron chi connectivity index (χ4n) is 2.78. The number of amides is 2. The molecule has 25 heavy (non-hydrogen) atoms. The molecule has 1 aliphatic rings. The van der Waals surface area contributed by atoms with Crippen molar-refractivity contribution in [2.75, 3.05) is 12.3 Å². The Morgan fingerprint density at radius 1 is 1.12 bits per heavy atom. The number of hydrogen-bond acceptors (Lipinski definition) is 3. The van der Waals surface area contributed by atoms with Crippen molar-refractivity contribution in [3.8, 4) is 0 Å². The lowest BCUT2D eigenvalue weighted by Crippen LogP contribution is -2.34. The zero-order chi connectivity index (χ0) is 17.6. The van der Waals surface area contributed by atoms with E-state index in [0.717, 1.165) is 17.7 Å². The normalized spacial score (nSPS) is 16.0. The van der Waals surface area contributed by atoms with Gasteiger partial charge in [-0.15, -0.1) is 11.8 Å². The molecule has 6 heteroatoms. The molecular formula is C19H19FN2O2S. The Hall–Kier alpha value is -2.34. The van der Waals surface area contributed by atoms with Crippen LogP contribution in [0, 0.1) is 5.82 Å². The molecule has 2 N–H and O–H groups in total. The van der Waals surface area contributed by atoms with Gasteiger partial charge in [-0.2, -0.15) is 0 Å². The van der Waals surface area contributed by atoms with E-state index in [-0.39, 0.29) is 36.6 Å². The number of halogens is 1. The summed E-state index contributed by atoms with van der Waals surface area (Å²) in [5, 5.41) is 5.68. The van der Waals surface area contributed by atoms with Gasteiger partial charge >= 0.3 is 0 Å². The highest BCUT2D eigenvalue weighted by Crippen LogP contribution is 2.37. The summed E-state index contributed by atoms with van der Waals surface area (Å²) in [6.07, 6.45) is 0.954. The average Bonchev–Trinajstić information content (AvgIpc) is 2.63.